The number of allylic oxidation sites excluding steroid dienone is 2. The first kappa shape index (κ1) is 16.9. The number of carboxylic acid groups (broad SMARTS) is 1. The van der Waals surface area contributed by atoms with Gasteiger partial charge in [-0.3, -0.25) is 4.79 Å². The second-order valence-electron chi connectivity index (χ2n) is 4.93. The summed E-state index contributed by atoms with van der Waals surface area (Å²) in [5, 5.41) is 11.7. The van der Waals surface area contributed by atoms with E-state index < -0.39 is 27.9 Å². The molecule has 3 N–H and O–H groups in total. The third-order valence-electron chi connectivity index (χ3n) is 3.21. The van der Waals surface area contributed by atoms with Crippen molar-refractivity contribution in [2.24, 2.45) is 0 Å². The molecule has 8 heteroatoms. The van der Waals surface area contributed by atoms with E-state index in [1.807, 2.05) is 0 Å². The van der Waals surface area contributed by atoms with Crippen molar-refractivity contribution >= 4 is 21.9 Å². The van der Waals surface area contributed by atoms with Gasteiger partial charge in [-0.15, -0.1) is 0 Å². The van der Waals surface area contributed by atoms with Gasteiger partial charge in [-0.25, -0.2) is 13.2 Å². The highest BCUT2D eigenvalue weighted by molar-refractivity contribution is 7.88. The minimum absolute atomic E-state index is 0.311. The van der Waals surface area contributed by atoms with Crippen molar-refractivity contribution in [3.8, 4) is 0 Å². The number of hydrogen-bond donors (Lipinski definition) is 3. The van der Waals surface area contributed by atoms with Crippen LogP contribution in [0.2, 0.25) is 0 Å². The van der Waals surface area contributed by atoms with Gasteiger partial charge >= 0.3 is 5.97 Å². The molecule has 1 aromatic rings. The van der Waals surface area contributed by atoms with Gasteiger partial charge in [-0.1, -0.05) is 36.4 Å². The molecule has 0 saturated carbocycles. The molecule has 2 rings (SSSR count). The predicted octanol–water partition coefficient (Wildman–Crippen LogP) is 0.519. The summed E-state index contributed by atoms with van der Waals surface area (Å²) in [5.41, 5.74) is 0.524. The zero-order valence-corrected chi connectivity index (χ0v) is 13.1. The van der Waals surface area contributed by atoms with Crippen LogP contribution in [0.3, 0.4) is 0 Å². The Morgan fingerprint density at radius 3 is 2.57 bits per heavy atom. The van der Waals surface area contributed by atoms with Crippen molar-refractivity contribution in [3.63, 3.8) is 0 Å². The van der Waals surface area contributed by atoms with Gasteiger partial charge in [0.15, 0.2) is 0 Å². The van der Waals surface area contributed by atoms with E-state index in [1.54, 1.807) is 37.3 Å². The van der Waals surface area contributed by atoms with Crippen LogP contribution >= 0.6 is 0 Å². The van der Waals surface area contributed by atoms with Crippen LogP contribution < -0.4 is 10.0 Å². The molecule has 1 aliphatic rings. The number of benzene rings is 1. The number of nitrogens with one attached hydrogen (secondary N) is 2. The highest BCUT2D eigenvalue weighted by Crippen LogP contribution is 2.15. The third kappa shape index (κ3) is 4.27. The van der Waals surface area contributed by atoms with Crippen LogP contribution in [0.1, 0.15) is 12.5 Å². The molecule has 122 valence electrons. The normalized spacial score (nSPS) is 20.0. The zero-order chi connectivity index (χ0) is 17.0. The van der Waals surface area contributed by atoms with Crippen LogP contribution in [0.5, 0.6) is 0 Å². The van der Waals surface area contributed by atoms with Gasteiger partial charge in [-0.05, 0) is 18.6 Å². The monoisotopic (exact) mass is 336 g/mol. The summed E-state index contributed by atoms with van der Waals surface area (Å²) < 4.78 is 26.6. The number of carboxylic acids is 1. The van der Waals surface area contributed by atoms with E-state index in [0.29, 0.717) is 11.3 Å². The summed E-state index contributed by atoms with van der Waals surface area (Å²) >= 11 is 0. The fourth-order valence-corrected chi connectivity index (χ4v) is 3.42. The molecule has 0 aliphatic carbocycles. The van der Waals surface area contributed by atoms with Crippen LogP contribution in [-0.4, -0.2) is 31.4 Å². The Morgan fingerprint density at radius 1 is 1.35 bits per heavy atom. The summed E-state index contributed by atoms with van der Waals surface area (Å²) in [6, 6.07) is 6.93. The highest BCUT2D eigenvalue weighted by Gasteiger charge is 2.34. The average Bonchev–Trinajstić information content (AvgIpc) is 2.49. The average molecular weight is 336 g/mol. The zero-order valence-electron chi connectivity index (χ0n) is 12.3. The first-order valence-corrected chi connectivity index (χ1v) is 8.43. The van der Waals surface area contributed by atoms with Gasteiger partial charge in [0.1, 0.15) is 6.04 Å². The topological polar surface area (TPSA) is 113 Å². The Bertz CT molecular complexity index is 781. The van der Waals surface area contributed by atoms with Crippen molar-refractivity contribution in [1.29, 1.82) is 0 Å². The largest absolute Gasteiger partial charge is 0.478 e. The second kappa shape index (κ2) is 6.76. The molecular formula is C15H16N2O5S. The molecule has 7 nitrogen and oxygen atoms in total. The van der Waals surface area contributed by atoms with E-state index >= 15 is 0 Å². The number of carbonyl (C=O) groups is 2. The Hall–Kier alpha value is -2.45. The minimum Gasteiger partial charge on any atom is -0.478 e. The molecule has 0 radical (unpaired) electrons. The third-order valence-corrected chi connectivity index (χ3v) is 4.51. The molecule has 1 aliphatic heterocycles. The van der Waals surface area contributed by atoms with Gasteiger partial charge in [0.25, 0.3) is 0 Å². The minimum atomic E-state index is -3.89. The van der Waals surface area contributed by atoms with Crippen molar-refractivity contribution in [2.75, 3.05) is 0 Å². The van der Waals surface area contributed by atoms with Crippen LogP contribution in [0.25, 0.3) is 0 Å². The first-order chi connectivity index (χ1) is 10.8. The Morgan fingerprint density at radius 2 is 2.00 bits per heavy atom. The van der Waals surface area contributed by atoms with Gasteiger partial charge in [-0.2, -0.15) is 4.72 Å². The maximum atomic E-state index is 12.2. The number of sulfonamides is 1. The number of amides is 1. The molecule has 1 aromatic carbocycles. The van der Waals surface area contributed by atoms with E-state index in [2.05, 4.69) is 10.0 Å². The molecule has 0 spiro atoms. The standard InChI is InChI=1S/C15H16N2O5S/c1-2-11-8-12(15(19)20)13(14(18)16-11)17-23(21,22)9-10-6-4-3-5-7-10/h2-8,13,17H,9H2,1H3,(H,16,18)(H,19,20)/b11-2-. The van der Waals surface area contributed by atoms with Gasteiger partial charge < -0.3 is 10.4 Å². The van der Waals surface area contributed by atoms with Gasteiger partial charge in [0.05, 0.1) is 11.3 Å². The lowest BCUT2D eigenvalue weighted by atomic mass is 10.0. The van der Waals surface area contributed by atoms with Crippen LogP contribution in [0.15, 0.2) is 53.8 Å². The lowest BCUT2D eigenvalue weighted by molar-refractivity contribution is -0.134. The van der Waals surface area contributed by atoms with E-state index in [0.717, 1.165) is 0 Å². The summed E-state index contributed by atoms with van der Waals surface area (Å²) in [6.45, 7) is 1.63. The lowest BCUT2D eigenvalue weighted by Gasteiger charge is -2.23. The van der Waals surface area contributed by atoms with Gasteiger partial charge in [0, 0.05) is 5.70 Å². The molecule has 0 bridgehead atoms. The summed E-state index contributed by atoms with van der Waals surface area (Å²) in [5.74, 6) is -2.43. The second-order valence-corrected chi connectivity index (χ2v) is 6.69. The molecule has 1 unspecified atom stereocenters. The lowest BCUT2D eigenvalue weighted by Crippen LogP contribution is -2.51. The highest BCUT2D eigenvalue weighted by atomic mass is 32.2. The van der Waals surface area contributed by atoms with Crippen molar-refractivity contribution in [1.82, 2.24) is 10.0 Å². The number of hydrogen-bond acceptors (Lipinski definition) is 4. The quantitative estimate of drug-likeness (QED) is 0.725. The number of rotatable bonds is 5. The summed E-state index contributed by atoms with van der Waals surface area (Å²) in [4.78, 5) is 23.3. The molecule has 0 fully saturated rings. The van der Waals surface area contributed by atoms with E-state index in [1.165, 1.54) is 12.2 Å². The van der Waals surface area contributed by atoms with E-state index in [-0.39, 0.29) is 11.3 Å². The van der Waals surface area contributed by atoms with E-state index in [4.69, 9.17) is 0 Å². The van der Waals surface area contributed by atoms with Crippen molar-refractivity contribution in [2.45, 2.75) is 18.7 Å². The summed E-state index contributed by atoms with van der Waals surface area (Å²) in [7, 11) is -3.89. The Kier molecular flexibility index (Phi) is 4.97. The SMILES string of the molecule is C/C=C1/C=C(C(=O)O)C(NS(=O)(=O)Cc2ccccc2)C(=O)N1. The molecular weight excluding hydrogens is 320 g/mol. The molecule has 23 heavy (non-hydrogen) atoms. The number of aliphatic carboxylic acids is 1. The van der Waals surface area contributed by atoms with Crippen LogP contribution in [-0.2, 0) is 25.4 Å². The molecule has 1 heterocycles. The first-order valence-electron chi connectivity index (χ1n) is 6.78. The molecule has 0 saturated heterocycles. The van der Waals surface area contributed by atoms with Crippen molar-refractivity contribution < 1.29 is 23.1 Å². The fourth-order valence-electron chi connectivity index (χ4n) is 2.12. The van der Waals surface area contributed by atoms with Crippen molar-refractivity contribution in [3.05, 3.63) is 59.3 Å². The Balaban J connectivity index is 2.26. The Labute approximate surface area is 133 Å². The molecule has 1 amide bonds. The molecule has 0 aromatic heterocycles. The summed E-state index contributed by atoms with van der Waals surface area (Å²) in [6.07, 6.45) is 2.76. The van der Waals surface area contributed by atoms with Crippen LogP contribution in [0.4, 0.5) is 0 Å². The predicted molar refractivity (Wildman–Crippen MR) is 83.6 cm³/mol. The smallest absolute Gasteiger partial charge is 0.333 e. The van der Waals surface area contributed by atoms with Crippen LogP contribution in [0, 0.1) is 0 Å². The number of carbonyl (C=O) groups excluding carboxylic acids is 1. The maximum absolute atomic E-state index is 12.2. The van der Waals surface area contributed by atoms with E-state index in [9.17, 15) is 23.1 Å². The van der Waals surface area contributed by atoms with Gasteiger partial charge in [0.2, 0.25) is 15.9 Å². The fraction of sp³-hybridized carbons (Fsp3) is 0.200. The molecule has 1 atom stereocenters. The maximum Gasteiger partial charge on any atom is 0.333 e.